The third-order valence-corrected chi connectivity index (χ3v) is 4.53. The first-order valence-corrected chi connectivity index (χ1v) is 7.91. The van der Waals surface area contributed by atoms with Gasteiger partial charge in [0.05, 0.1) is 13.2 Å². The molecule has 3 rings (SSSR count). The molecule has 3 heteroatoms. The molecule has 1 fully saturated rings. The Kier molecular flexibility index (Phi) is 4.71. The largest absolute Gasteiger partial charge is 0.379 e. The molecule has 0 bridgehead atoms. The number of hydrogen-bond donors (Lipinski definition) is 1. The van der Waals surface area contributed by atoms with Crippen molar-refractivity contribution in [1.82, 2.24) is 10.2 Å². The minimum absolute atomic E-state index is 0.566. The smallest absolute Gasteiger partial charge is 0.0594 e. The summed E-state index contributed by atoms with van der Waals surface area (Å²) >= 11 is 0. The van der Waals surface area contributed by atoms with Crippen LogP contribution in [-0.2, 0) is 17.6 Å². The minimum atomic E-state index is 0.566. The van der Waals surface area contributed by atoms with Gasteiger partial charge in [-0.25, -0.2) is 0 Å². The van der Waals surface area contributed by atoms with E-state index in [1.54, 1.807) is 11.1 Å². The minimum Gasteiger partial charge on any atom is -0.379 e. The van der Waals surface area contributed by atoms with Crippen LogP contribution in [0.2, 0.25) is 0 Å². The quantitative estimate of drug-likeness (QED) is 0.885. The summed E-state index contributed by atoms with van der Waals surface area (Å²) in [7, 11) is 0. The van der Waals surface area contributed by atoms with Crippen LogP contribution >= 0.6 is 0 Å². The molecule has 1 heterocycles. The number of fused-ring (bicyclic) bond motifs is 1. The molecule has 1 saturated heterocycles. The Hall–Kier alpha value is -0.900. The highest BCUT2D eigenvalue weighted by molar-refractivity contribution is 5.32. The van der Waals surface area contributed by atoms with Crippen LogP contribution in [0.1, 0.15) is 18.1 Å². The van der Waals surface area contributed by atoms with Crippen LogP contribution in [0.15, 0.2) is 24.3 Å². The topological polar surface area (TPSA) is 24.5 Å². The zero-order valence-corrected chi connectivity index (χ0v) is 12.5. The van der Waals surface area contributed by atoms with Crippen molar-refractivity contribution in [2.75, 3.05) is 39.4 Å². The predicted molar refractivity (Wildman–Crippen MR) is 82.1 cm³/mol. The van der Waals surface area contributed by atoms with Gasteiger partial charge in [0, 0.05) is 25.7 Å². The SMILES string of the molecule is CC(CN1CCOCC1)NCC1Cc2ccccc2C1. The number of rotatable bonds is 5. The van der Waals surface area contributed by atoms with Gasteiger partial charge < -0.3 is 10.1 Å². The number of nitrogens with one attached hydrogen (secondary N) is 1. The van der Waals surface area contributed by atoms with Gasteiger partial charge >= 0.3 is 0 Å². The highest BCUT2D eigenvalue weighted by Crippen LogP contribution is 2.25. The van der Waals surface area contributed by atoms with Gasteiger partial charge in [0.25, 0.3) is 0 Å². The van der Waals surface area contributed by atoms with Crippen molar-refractivity contribution in [2.24, 2.45) is 5.92 Å². The molecule has 1 atom stereocenters. The molecule has 1 aliphatic heterocycles. The molecule has 1 N–H and O–H groups in total. The summed E-state index contributed by atoms with van der Waals surface area (Å²) in [6, 6.07) is 9.46. The fourth-order valence-electron chi connectivity index (χ4n) is 3.40. The monoisotopic (exact) mass is 274 g/mol. The summed E-state index contributed by atoms with van der Waals surface area (Å²) in [6.07, 6.45) is 2.49. The first-order valence-electron chi connectivity index (χ1n) is 7.91. The molecule has 1 unspecified atom stereocenters. The van der Waals surface area contributed by atoms with Gasteiger partial charge in [-0.2, -0.15) is 0 Å². The second kappa shape index (κ2) is 6.70. The molecule has 3 nitrogen and oxygen atoms in total. The third-order valence-electron chi connectivity index (χ3n) is 4.53. The maximum absolute atomic E-state index is 5.40. The zero-order chi connectivity index (χ0) is 13.8. The van der Waals surface area contributed by atoms with Crippen molar-refractivity contribution in [2.45, 2.75) is 25.8 Å². The van der Waals surface area contributed by atoms with Gasteiger partial charge in [-0.05, 0) is 43.4 Å². The van der Waals surface area contributed by atoms with E-state index in [0.29, 0.717) is 6.04 Å². The second-order valence-corrected chi connectivity index (χ2v) is 6.27. The molecule has 0 spiro atoms. The molecular formula is C17H26N2O. The number of nitrogens with zero attached hydrogens (tertiary/aromatic N) is 1. The van der Waals surface area contributed by atoms with E-state index < -0.39 is 0 Å². The Morgan fingerprint density at radius 3 is 2.50 bits per heavy atom. The summed E-state index contributed by atoms with van der Waals surface area (Å²) in [5.41, 5.74) is 3.11. The van der Waals surface area contributed by atoms with Crippen molar-refractivity contribution in [3.63, 3.8) is 0 Å². The first-order chi connectivity index (χ1) is 9.81. The van der Waals surface area contributed by atoms with E-state index in [9.17, 15) is 0 Å². The number of hydrogen-bond acceptors (Lipinski definition) is 3. The maximum Gasteiger partial charge on any atom is 0.0594 e. The van der Waals surface area contributed by atoms with E-state index >= 15 is 0 Å². The Morgan fingerprint density at radius 2 is 1.85 bits per heavy atom. The van der Waals surface area contributed by atoms with Crippen LogP contribution in [0.5, 0.6) is 0 Å². The van der Waals surface area contributed by atoms with Crippen LogP contribution in [0.3, 0.4) is 0 Å². The van der Waals surface area contributed by atoms with Gasteiger partial charge in [-0.3, -0.25) is 4.90 Å². The lowest BCUT2D eigenvalue weighted by Crippen LogP contribution is -2.45. The molecule has 0 aromatic heterocycles. The maximum atomic E-state index is 5.40. The van der Waals surface area contributed by atoms with E-state index in [1.165, 1.54) is 12.8 Å². The molecule has 2 aliphatic rings. The molecule has 110 valence electrons. The summed E-state index contributed by atoms with van der Waals surface area (Å²) in [4.78, 5) is 2.50. The Labute approximate surface area is 122 Å². The molecule has 1 aromatic rings. The van der Waals surface area contributed by atoms with Gasteiger partial charge in [-0.1, -0.05) is 24.3 Å². The van der Waals surface area contributed by atoms with E-state index in [1.807, 2.05) is 0 Å². The lowest BCUT2D eigenvalue weighted by Gasteiger charge is -2.29. The molecule has 0 amide bonds. The predicted octanol–water partition coefficient (Wildman–Crippen LogP) is 1.71. The zero-order valence-electron chi connectivity index (χ0n) is 12.5. The average molecular weight is 274 g/mol. The van der Waals surface area contributed by atoms with Crippen LogP contribution in [0, 0.1) is 5.92 Å². The van der Waals surface area contributed by atoms with Crippen molar-refractivity contribution in [1.29, 1.82) is 0 Å². The molecule has 1 aliphatic carbocycles. The highest BCUT2D eigenvalue weighted by atomic mass is 16.5. The third kappa shape index (κ3) is 3.60. The van der Waals surface area contributed by atoms with Gasteiger partial charge in [0.1, 0.15) is 0 Å². The van der Waals surface area contributed by atoms with E-state index in [2.05, 4.69) is 41.4 Å². The van der Waals surface area contributed by atoms with Gasteiger partial charge in [0.2, 0.25) is 0 Å². The van der Waals surface area contributed by atoms with Crippen molar-refractivity contribution < 1.29 is 4.74 Å². The summed E-state index contributed by atoms with van der Waals surface area (Å²) in [5.74, 6) is 0.777. The molecule has 20 heavy (non-hydrogen) atoms. The number of ether oxygens (including phenoxy) is 1. The Morgan fingerprint density at radius 1 is 1.20 bits per heavy atom. The van der Waals surface area contributed by atoms with Gasteiger partial charge in [0.15, 0.2) is 0 Å². The standard InChI is InChI=1S/C17H26N2O/c1-14(13-19-6-8-20-9-7-19)18-12-15-10-16-4-2-3-5-17(16)11-15/h2-5,14-15,18H,6-13H2,1H3. The van der Waals surface area contributed by atoms with Crippen molar-refractivity contribution >= 4 is 0 Å². The van der Waals surface area contributed by atoms with E-state index in [-0.39, 0.29) is 0 Å². The van der Waals surface area contributed by atoms with Crippen LogP contribution in [0.25, 0.3) is 0 Å². The van der Waals surface area contributed by atoms with E-state index in [0.717, 1.165) is 45.3 Å². The van der Waals surface area contributed by atoms with Crippen LogP contribution < -0.4 is 5.32 Å². The Bertz CT molecular complexity index is 404. The lowest BCUT2D eigenvalue weighted by atomic mass is 10.1. The molecule has 0 saturated carbocycles. The second-order valence-electron chi connectivity index (χ2n) is 6.27. The molecular weight excluding hydrogens is 248 g/mol. The van der Waals surface area contributed by atoms with Crippen molar-refractivity contribution in [3.05, 3.63) is 35.4 Å². The average Bonchev–Trinajstić information content (AvgIpc) is 2.89. The van der Waals surface area contributed by atoms with E-state index in [4.69, 9.17) is 4.74 Å². The lowest BCUT2D eigenvalue weighted by molar-refractivity contribution is 0.0342. The van der Waals surface area contributed by atoms with Crippen LogP contribution in [0.4, 0.5) is 0 Å². The normalized spacial score (nSPS) is 21.9. The fraction of sp³-hybridized carbons (Fsp3) is 0.647. The molecule has 0 radical (unpaired) electrons. The summed E-state index contributed by atoms with van der Waals surface area (Å²) < 4.78 is 5.40. The summed E-state index contributed by atoms with van der Waals surface area (Å²) in [5, 5.41) is 3.72. The Balaban J connectivity index is 1.39. The fourth-order valence-corrected chi connectivity index (χ4v) is 3.40. The highest BCUT2D eigenvalue weighted by Gasteiger charge is 2.21. The number of morpholine rings is 1. The molecule has 1 aromatic carbocycles. The number of benzene rings is 1. The van der Waals surface area contributed by atoms with Crippen LogP contribution in [-0.4, -0.2) is 50.3 Å². The first kappa shape index (κ1) is 14.1. The van der Waals surface area contributed by atoms with Crippen molar-refractivity contribution in [3.8, 4) is 0 Å². The van der Waals surface area contributed by atoms with Gasteiger partial charge in [-0.15, -0.1) is 0 Å². The summed E-state index contributed by atoms with van der Waals surface area (Å²) in [6.45, 7) is 8.54.